The van der Waals surface area contributed by atoms with Gasteiger partial charge in [-0.3, -0.25) is 0 Å². The topological polar surface area (TPSA) is 131 Å². The molecule has 2 atom stereocenters. The number of carbonyl (C=O) groups excluding carboxylic acids is 1. The van der Waals surface area contributed by atoms with Gasteiger partial charge in [0.05, 0.1) is 6.10 Å². The van der Waals surface area contributed by atoms with Crippen LogP contribution in [0.5, 0.6) is 0 Å². The Bertz CT molecular complexity index is 790. The summed E-state index contributed by atoms with van der Waals surface area (Å²) >= 11 is 0. The van der Waals surface area contributed by atoms with E-state index in [1.165, 1.54) is 0 Å². The van der Waals surface area contributed by atoms with Crippen LogP contribution in [-0.2, 0) is 17.5 Å². The Balaban J connectivity index is 1.86. The highest BCUT2D eigenvalue weighted by molar-refractivity contribution is 5.67. The molecule has 5 N–H and O–H groups in total. The number of alkyl carbamates (subject to hydrolysis) is 1. The van der Waals surface area contributed by atoms with Gasteiger partial charge in [-0.15, -0.1) is 0 Å². The van der Waals surface area contributed by atoms with Gasteiger partial charge in [-0.25, -0.2) is 14.8 Å². The van der Waals surface area contributed by atoms with Crippen molar-refractivity contribution in [3.63, 3.8) is 0 Å². The molecule has 1 aromatic carbocycles. The number of aliphatic hydroxyl groups is 2. The maximum absolute atomic E-state index is 13.0. The fraction of sp³-hybridized carbons (Fsp3) is 0.353. The van der Waals surface area contributed by atoms with Gasteiger partial charge < -0.3 is 26.0 Å². The van der Waals surface area contributed by atoms with Gasteiger partial charge in [0, 0.05) is 18.3 Å². The minimum Gasteiger partial charge on any atom is -0.445 e. The zero-order valence-corrected chi connectivity index (χ0v) is 14.6. The average molecular weight is 400 g/mol. The van der Waals surface area contributed by atoms with Crippen molar-refractivity contribution in [1.82, 2.24) is 15.3 Å². The zero-order valence-electron chi connectivity index (χ0n) is 14.6. The Labute approximate surface area is 158 Å². The predicted octanol–water partition coefficient (Wildman–Crippen LogP) is 1.79. The minimum atomic E-state index is -4.88. The van der Waals surface area contributed by atoms with Crippen LogP contribution in [0, 0.1) is 0 Å². The number of rotatable bonds is 7. The largest absolute Gasteiger partial charge is 0.445 e. The highest BCUT2D eigenvalue weighted by Crippen LogP contribution is 2.34. The lowest BCUT2D eigenvalue weighted by Crippen LogP contribution is -2.30. The van der Waals surface area contributed by atoms with E-state index in [-0.39, 0.29) is 19.6 Å². The lowest BCUT2D eigenvalue weighted by atomic mass is 10.0. The Morgan fingerprint density at radius 2 is 1.93 bits per heavy atom. The molecule has 1 heterocycles. The molecular weight excluding hydrogens is 381 g/mol. The normalized spacial score (nSPS) is 13.6. The number of amides is 1. The second kappa shape index (κ2) is 9.33. The molecule has 2 rings (SSSR count). The molecule has 8 nitrogen and oxygen atoms in total. The van der Waals surface area contributed by atoms with Gasteiger partial charge in [-0.05, 0) is 12.0 Å². The van der Waals surface area contributed by atoms with Crippen LogP contribution in [0.15, 0.2) is 36.5 Å². The molecule has 0 saturated heterocycles. The molecule has 0 bridgehead atoms. The number of nitrogens with one attached hydrogen (secondary N) is 1. The summed E-state index contributed by atoms with van der Waals surface area (Å²) in [5, 5.41) is 22.3. The lowest BCUT2D eigenvalue weighted by Gasteiger charge is -2.21. The number of nitrogens with zero attached hydrogens (tertiary/aromatic N) is 2. The van der Waals surface area contributed by atoms with Crippen molar-refractivity contribution < 1.29 is 32.9 Å². The van der Waals surface area contributed by atoms with Crippen LogP contribution in [0.4, 0.5) is 23.9 Å². The third kappa shape index (κ3) is 6.06. The number of aromatic nitrogens is 2. The number of hydrogen-bond donors (Lipinski definition) is 4. The maximum atomic E-state index is 13.0. The molecule has 0 radical (unpaired) electrons. The van der Waals surface area contributed by atoms with Crippen LogP contribution in [0.1, 0.15) is 29.3 Å². The molecular formula is C17H19F3N4O4. The lowest BCUT2D eigenvalue weighted by molar-refractivity contribution is -0.143. The number of halogens is 3. The number of carbonyl (C=O) groups is 1. The molecule has 0 aliphatic heterocycles. The number of nitrogen functional groups attached to an aromatic ring is 1. The summed E-state index contributed by atoms with van der Waals surface area (Å²) in [4.78, 5) is 18.1. The minimum absolute atomic E-state index is 0.0373. The number of nitrogens with two attached hydrogens (primary N) is 1. The van der Waals surface area contributed by atoms with E-state index in [4.69, 9.17) is 10.5 Å². The van der Waals surface area contributed by atoms with E-state index in [1.807, 2.05) is 6.07 Å². The van der Waals surface area contributed by atoms with Gasteiger partial charge in [-0.1, -0.05) is 30.3 Å². The third-order valence-corrected chi connectivity index (χ3v) is 3.71. The summed E-state index contributed by atoms with van der Waals surface area (Å²) in [6.45, 7) is -0.0986. The smallest absolute Gasteiger partial charge is 0.433 e. The molecule has 2 unspecified atom stereocenters. The van der Waals surface area contributed by atoms with Crippen LogP contribution < -0.4 is 11.1 Å². The summed E-state index contributed by atoms with van der Waals surface area (Å²) in [5.74, 6) is -0.611. The molecule has 0 saturated carbocycles. The van der Waals surface area contributed by atoms with E-state index >= 15 is 0 Å². The Morgan fingerprint density at radius 1 is 1.25 bits per heavy atom. The van der Waals surface area contributed by atoms with Gasteiger partial charge in [-0.2, -0.15) is 13.2 Å². The average Bonchev–Trinajstić information content (AvgIpc) is 2.66. The van der Waals surface area contributed by atoms with Gasteiger partial charge in [0.2, 0.25) is 5.95 Å². The van der Waals surface area contributed by atoms with E-state index in [1.54, 1.807) is 24.3 Å². The molecule has 2 aromatic rings. The standard InChI is InChI=1S/C17H19F3N4O4/c18-17(19,20)14-11(8-23-15(21)24-14)13(26)12(25)6-7-22-16(27)28-9-10-4-2-1-3-5-10/h1-5,8,12-13,25-26H,6-7,9H2,(H,22,27)(H2,21,23,24). The first-order chi connectivity index (χ1) is 13.2. The first kappa shape index (κ1) is 21.4. The van der Waals surface area contributed by atoms with E-state index < -0.39 is 41.7 Å². The fourth-order valence-electron chi connectivity index (χ4n) is 2.31. The van der Waals surface area contributed by atoms with Crippen molar-refractivity contribution in [1.29, 1.82) is 0 Å². The van der Waals surface area contributed by atoms with Gasteiger partial charge in [0.15, 0.2) is 5.69 Å². The summed E-state index contributed by atoms with van der Waals surface area (Å²) in [6, 6.07) is 8.90. The van der Waals surface area contributed by atoms with Crippen molar-refractivity contribution in [2.75, 3.05) is 12.3 Å². The van der Waals surface area contributed by atoms with Crippen LogP contribution in [0.25, 0.3) is 0 Å². The van der Waals surface area contributed by atoms with E-state index in [0.717, 1.165) is 5.56 Å². The van der Waals surface area contributed by atoms with Crippen molar-refractivity contribution in [3.8, 4) is 0 Å². The molecule has 1 aromatic heterocycles. The highest BCUT2D eigenvalue weighted by Gasteiger charge is 2.39. The molecule has 11 heteroatoms. The SMILES string of the molecule is Nc1ncc(C(O)C(O)CCNC(=O)OCc2ccccc2)c(C(F)(F)F)n1. The van der Waals surface area contributed by atoms with Crippen LogP contribution in [0.2, 0.25) is 0 Å². The van der Waals surface area contributed by atoms with E-state index in [9.17, 15) is 28.2 Å². The molecule has 0 aliphatic rings. The van der Waals surface area contributed by atoms with Crippen LogP contribution >= 0.6 is 0 Å². The number of anilines is 1. The first-order valence-corrected chi connectivity index (χ1v) is 8.18. The number of benzene rings is 1. The maximum Gasteiger partial charge on any atom is 0.433 e. The molecule has 1 amide bonds. The number of aliphatic hydroxyl groups excluding tert-OH is 2. The highest BCUT2D eigenvalue weighted by atomic mass is 19.4. The van der Waals surface area contributed by atoms with Crippen molar-refractivity contribution in [3.05, 3.63) is 53.3 Å². The molecule has 152 valence electrons. The second-order valence-corrected chi connectivity index (χ2v) is 5.82. The Hall–Kier alpha value is -2.92. The number of alkyl halides is 3. The molecule has 0 fully saturated rings. The van der Waals surface area contributed by atoms with Gasteiger partial charge >= 0.3 is 12.3 Å². The zero-order chi connectivity index (χ0) is 20.7. The molecule has 0 aliphatic carbocycles. The van der Waals surface area contributed by atoms with E-state index in [0.29, 0.717) is 6.20 Å². The van der Waals surface area contributed by atoms with Gasteiger partial charge in [0.25, 0.3) is 0 Å². The second-order valence-electron chi connectivity index (χ2n) is 5.82. The summed E-state index contributed by atoms with van der Waals surface area (Å²) in [6.07, 6.45) is -8.70. The third-order valence-electron chi connectivity index (χ3n) is 3.71. The van der Waals surface area contributed by atoms with Crippen molar-refractivity contribution >= 4 is 12.0 Å². The van der Waals surface area contributed by atoms with Gasteiger partial charge in [0.1, 0.15) is 12.7 Å². The predicted molar refractivity (Wildman–Crippen MR) is 91.7 cm³/mol. The van der Waals surface area contributed by atoms with E-state index in [2.05, 4.69) is 15.3 Å². The van der Waals surface area contributed by atoms with Crippen LogP contribution in [-0.4, -0.2) is 38.9 Å². The summed E-state index contributed by atoms with van der Waals surface area (Å²) < 4.78 is 44.0. The number of hydrogen-bond acceptors (Lipinski definition) is 7. The Morgan fingerprint density at radius 3 is 2.57 bits per heavy atom. The molecule has 28 heavy (non-hydrogen) atoms. The fourth-order valence-corrected chi connectivity index (χ4v) is 2.31. The van der Waals surface area contributed by atoms with Crippen molar-refractivity contribution in [2.24, 2.45) is 0 Å². The van der Waals surface area contributed by atoms with Crippen LogP contribution in [0.3, 0.4) is 0 Å². The van der Waals surface area contributed by atoms with Crippen molar-refractivity contribution in [2.45, 2.75) is 31.4 Å². The monoisotopic (exact) mass is 400 g/mol. The Kier molecular flexibility index (Phi) is 7.12. The number of ether oxygens (including phenoxy) is 1. The molecule has 0 spiro atoms. The summed E-state index contributed by atoms with van der Waals surface area (Å²) in [5.41, 5.74) is 3.79. The summed E-state index contributed by atoms with van der Waals surface area (Å²) in [7, 11) is 0. The quantitative estimate of drug-likeness (QED) is 0.557. The first-order valence-electron chi connectivity index (χ1n) is 8.18.